The zero-order chi connectivity index (χ0) is 21.2. The Kier molecular flexibility index (Phi) is 4.69. The van der Waals surface area contributed by atoms with Gasteiger partial charge in [-0.2, -0.15) is 10.2 Å². The molecule has 0 spiro atoms. The standard InChI is InChI=1S/C26H17N3O2/c30-29(31)23-15-13-22(14-16-23)28-27-21-11-9-18(10-12-21)26-24-7-3-1-5-19(24)17-20-6-2-4-8-25(20)26/h1-17H. The maximum Gasteiger partial charge on any atom is 0.269 e. The van der Waals surface area contributed by atoms with Crippen molar-refractivity contribution in [3.8, 4) is 11.1 Å². The first-order chi connectivity index (χ1) is 15.2. The number of nitrogens with zero attached hydrogens (tertiary/aromatic N) is 3. The SMILES string of the molecule is O=[N+]([O-])c1ccc(N=Nc2ccc(-c3c4ccccc4cc4ccccc34)cc2)cc1. The topological polar surface area (TPSA) is 67.9 Å². The summed E-state index contributed by atoms with van der Waals surface area (Å²) in [5.41, 5.74) is 3.63. The third-order valence-electron chi connectivity index (χ3n) is 5.27. The summed E-state index contributed by atoms with van der Waals surface area (Å²) < 4.78 is 0. The highest BCUT2D eigenvalue weighted by molar-refractivity contribution is 6.12. The molecule has 0 unspecified atom stereocenters. The van der Waals surface area contributed by atoms with Crippen molar-refractivity contribution in [3.05, 3.63) is 113 Å². The fraction of sp³-hybridized carbons (Fsp3) is 0. The van der Waals surface area contributed by atoms with Crippen LogP contribution in [0.15, 0.2) is 113 Å². The predicted molar refractivity (Wildman–Crippen MR) is 124 cm³/mol. The third-order valence-corrected chi connectivity index (χ3v) is 5.27. The van der Waals surface area contributed by atoms with Gasteiger partial charge in [-0.25, -0.2) is 0 Å². The molecule has 5 aromatic rings. The van der Waals surface area contributed by atoms with Crippen LogP contribution in [0.2, 0.25) is 0 Å². The van der Waals surface area contributed by atoms with Gasteiger partial charge in [0.1, 0.15) is 0 Å². The molecule has 5 rings (SSSR count). The zero-order valence-corrected chi connectivity index (χ0v) is 16.5. The fourth-order valence-corrected chi connectivity index (χ4v) is 3.78. The van der Waals surface area contributed by atoms with Crippen LogP contribution in [0.5, 0.6) is 0 Å². The van der Waals surface area contributed by atoms with E-state index in [1.807, 2.05) is 12.1 Å². The lowest BCUT2D eigenvalue weighted by Crippen LogP contribution is -1.85. The third kappa shape index (κ3) is 3.65. The van der Waals surface area contributed by atoms with Gasteiger partial charge in [-0.1, -0.05) is 60.7 Å². The van der Waals surface area contributed by atoms with Crippen LogP contribution in [0.3, 0.4) is 0 Å². The van der Waals surface area contributed by atoms with Crippen molar-refractivity contribution in [1.82, 2.24) is 0 Å². The molecule has 0 aliphatic heterocycles. The van der Waals surface area contributed by atoms with Crippen LogP contribution in [0.4, 0.5) is 17.1 Å². The minimum atomic E-state index is -0.434. The summed E-state index contributed by atoms with van der Waals surface area (Å²) in [6, 6.07) is 33.0. The summed E-state index contributed by atoms with van der Waals surface area (Å²) in [4.78, 5) is 10.3. The molecule has 0 saturated carbocycles. The molecule has 0 fully saturated rings. The summed E-state index contributed by atoms with van der Waals surface area (Å²) >= 11 is 0. The van der Waals surface area contributed by atoms with E-state index >= 15 is 0 Å². The summed E-state index contributed by atoms with van der Waals surface area (Å²) in [6.45, 7) is 0. The lowest BCUT2D eigenvalue weighted by molar-refractivity contribution is -0.384. The lowest BCUT2D eigenvalue weighted by Gasteiger charge is -2.12. The van der Waals surface area contributed by atoms with Crippen LogP contribution in [0, 0.1) is 10.1 Å². The molecule has 0 radical (unpaired) electrons. The number of non-ortho nitro benzene ring substituents is 1. The molecule has 0 heterocycles. The van der Waals surface area contributed by atoms with Crippen LogP contribution >= 0.6 is 0 Å². The first-order valence-corrected chi connectivity index (χ1v) is 9.86. The molecule has 0 atom stereocenters. The minimum absolute atomic E-state index is 0.0330. The molecule has 0 saturated heterocycles. The highest BCUT2D eigenvalue weighted by atomic mass is 16.6. The van der Waals surface area contributed by atoms with Gasteiger partial charge in [-0.15, -0.1) is 0 Å². The molecule has 5 heteroatoms. The lowest BCUT2D eigenvalue weighted by atomic mass is 9.92. The molecular formula is C26H17N3O2. The highest BCUT2D eigenvalue weighted by Gasteiger charge is 2.09. The summed E-state index contributed by atoms with van der Waals surface area (Å²) in [7, 11) is 0. The molecule has 148 valence electrons. The average Bonchev–Trinajstić information content (AvgIpc) is 2.82. The van der Waals surface area contributed by atoms with E-state index in [0.29, 0.717) is 11.4 Å². The van der Waals surface area contributed by atoms with Crippen LogP contribution in [-0.4, -0.2) is 4.92 Å². The Morgan fingerprint density at radius 2 is 1.10 bits per heavy atom. The molecule has 0 aliphatic carbocycles. The molecule has 0 aliphatic rings. The number of nitro benzene ring substituents is 1. The van der Waals surface area contributed by atoms with Crippen molar-refractivity contribution in [2.75, 3.05) is 0 Å². The van der Waals surface area contributed by atoms with Crippen molar-refractivity contribution < 1.29 is 4.92 Å². The highest BCUT2D eigenvalue weighted by Crippen LogP contribution is 2.37. The van der Waals surface area contributed by atoms with Gasteiger partial charge in [0.15, 0.2) is 0 Å². The van der Waals surface area contributed by atoms with Crippen LogP contribution < -0.4 is 0 Å². The van der Waals surface area contributed by atoms with E-state index in [9.17, 15) is 10.1 Å². The fourth-order valence-electron chi connectivity index (χ4n) is 3.78. The van der Waals surface area contributed by atoms with Crippen molar-refractivity contribution in [2.24, 2.45) is 10.2 Å². The first kappa shape index (κ1) is 18.6. The van der Waals surface area contributed by atoms with Crippen molar-refractivity contribution in [3.63, 3.8) is 0 Å². The number of azo groups is 1. The summed E-state index contributed by atoms with van der Waals surface area (Å²) in [5, 5.41) is 24.0. The van der Waals surface area contributed by atoms with Gasteiger partial charge >= 0.3 is 0 Å². The van der Waals surface area contributed by atoms with Crippen LogP contribution in [0.25, 0.3) is 32.7 Å². The average molecular weight is 403 g/mol. The van der Waals surface area contributed by atoms with Gasteiger partial charge in [0.25, 0.3) is 5.69 Å². The van der Waals surface area contributed by atoms with Crippen molar-refractivity contribution in [1.29, 1.82) is 0 Å². The second kappa shape index (κ2) is 7.80. The van der Waals surface area contributed by atoms with E-state index in [0.717, 1.165) is 5.56 Å². The van der Waals surface area contributed by atoms with Gasteiger partial charge in [0.2, 0.25) is 0 Å². The Labute approximate surface area is 178 Å². The summed E-state index contributed by atoms with van der Waals surface area (Å²) in [5.74, 6) is 0. The number of hydrogen-bond donors (Lipinski definition) is 0. The van der Waals surface area contributed by atoms with Gasteiger partial charge in [0.05, 0.1) is 16.3 Å². The van der Waals surface area contributed by atoms with Crippen molar-refractivity contribution >= 4 is 38.6 Å². The largest absolute Gasteiger partial charge is 0.269 e. The number of benzene rings is 5. The van der Waals surface area contributed by atoms with Crippen LogP contribution in [-0.2, 0) is 0 Å². The van der Waals surface area contributed by atoms with Crippen LogP contribution in [0.1, 0.15) is 0 Å². The Bertz CT molecular complexity index is 1390. The number of rotatable bonds is 4. The quantitative estimate of drug-likeness (QED) is 0.132. The Balaban J connectivity index is 1.51. The van der Waals surface area contributed by atoms with E-state index in [-0.39, 0.29) is 5.69 Å². The monoisotopic (exact) mass is 403 g/mol. The number of fused-ring (bicyclic) bond motifs is 2. The molecule has 5 aromatic carbocycles. The predicted octanol–water partition coefficient (Wildman–Crippen LogP) is 7.98. The molecule has 0 aromatic heterocycles. The molecule has 31 heavy (non-hydrogen) atoms. The Hall–Kier alpha value is -4.38. The summed E-state index contributed by atoms with van der Waals surface area (Å²) in [6.07, 6.45) is 0. The van der Waals surface area contributed by atoms with E-state index < -0.39 is 4.92 Å². The Morgan fingerprint density at radius 3 is 1.61 bits per heavy atom. The van der Waals surface area contributed by atoms with E-state index in [1.165, 1.54) is 39.2 Å². The molecule has 0 N–H and O–H groups in total. The maximum atomic E-state index is 10.8. The molecule has 0 bridgehead atoms. The van der Waals surface area contributed by atoms with Gasteiger partial charge in [-0.3, -0.25) is 10.1 Å². The smallest absolute Gasteiger partial charge is 0.258 e. The van der Waals surface area contributed by atoms with E-state index in [1.54, 1.807) is 12.1 Å². The zero-order valence-electron chi connectivity index (χ0n) is 16.5. The maximum absolute atomic E-state index is 10.8. The van der Waals surface area contributed by atoms with Gasteiger partial charge in [0, 0.05) is 12.1 Å². The second-order valence-corrected chi connectivity index (χ2v) is 7.21. The molecular weight excluding hydrogens is 386 g/mol. The van der Waals surface area contributed by atoms with Gasteiger partial charge in [-0.05, 0) is 63.0 Å². The first-order valence-electron chi connectivity index (χ1n) is 9.86. The number of nitro groups is 1. The minimum Gasteiger partial charge on any atom is -0.258 e. The second-order valence-electron chi connectivity index (χ2n) is 7.21. The van der Waals surface area contributed by atoms with Gasteiger partial charge < -0.3 is 0 Å². The number of hydrogen-bond acceptors (Lipinski definition) is 4. The van der Waals surface area contributed by atoms with Crippen molar-refractivity contribution in [2.45, 2.75) is 0 Å². The molecule has 5 nitrogen and oxygen atoms in total. The molecule has 0 amide bonds. The van der Waals surface area contributed by atoms with E-state index in [4.69, 9.17) is 0 Å². The van der Waals surface area contributed by atoms with E-state index in [2.05, 4.69) is 77.0 Å². The normalized spacial score (nSPS) is 11.4. The Morgan fingerprint density at radius 1 is 0.613 bits per heavy atom.